The van der Waals surface area contributed by atoms with Crippen LogP contribution in [0.15, 0.2) is 46.9 Å². The zero-order chi connectivity index (χ0) is 18.9. The van der Waals surface area contributed by atoms with Gasteiger partial charge in [-0.15, -0.1) is 16.4 Å². The number of rotatable bonds is 5. The number of tetrazole rings is 1. The number of carbonyl (C=O) groups is 1. The number of nitrogens with zero attached hydrogens (tertiary/aromatic N) is 5. The Hall–Kier alpha value is -2.65. The number of carbonyl (C=O) groups excluding carboxylic acids is 1. The van der Waals surface area contributed by atoms with Gasteiger partial charge in [0.25, 0.3) is 0 Å². The molecule has 0 saturated carbocycles. The van der Waals surface area contributed by atoms with E-state index in [9.17, 15) is 4.79 Å². The Morgan fingerprint density at radius 2 is 2.18 bits per heavy atom. The van der Waals surface area contributed by atoms with Gasteiger partial charge in [0, 0.05) is 46.5 Å². The van der Waals surface area contributed by atoms with Crippen LogP contribution in [0.4, 0.5) is 0 Å². The van der Waals surface area contributed by atoms with Crippen molar-refractivity contribution in [3.63, 3.8) is 0 Å². The number of aromatic amines is 1. The number of hydrogen-bond acceptors (Lipinski definition) is 6. The molecule has 7 nitrogen and oxygen atoms in total. The summed E-state index contributed by atoms with van der Waals surface area (Å²) >= 11 is 3.07. The Balaban J connectivity index is 1.25. The van der Waals surface area contributed by atoms with Crippen molar-refractivity contribution in [1.82, 2.24) is 30.1 Å². The Kier molecular flexibility index (Phi) is 4.61. The zero-order valence-electron chi connectivity index (χ0n) is 15.0. The number of aromatic nitrogens is 5. The van der Waals surface area contributed by atoms with Crippen molar-refractivity contribution in [1.29, 1.82) is 0 Å². The van der Waals surface area contributed by atoms with Crippen molar-refractivity contribution in [2.75, 3.05) is 12.3 Å². The molecule has 0 radical (unpaired) electrons. The Labute approximate surface area is 169 Å². The summed E-state index contributed by atoms with van der Waals surface area (Å²) in [6.07, 6.45) is 0.858. The van der Waals surface area contributed by atoms with E-state index in [1.807, 2.05) is 28.5 Å². The molecule has 28 heavy (non-hydrogen) atoms. The maximum absolute atomic E-state index is 12.8. The van der Waals surface area contributed by atoms with Gasteiger partial charge in [0.1, 0.15) is 0 Å². The van der Waals surface area contributed by atoms with Gasteiger partial charge in [0.2, 0.25) is 11.1 Å². The number of para-hydroxylation sites is 1. The first-order valence-electron chi connectivity index (χ1n) is 9.05. The Morgan fingerprint density at radius 3 is 3.07 bits per heavy atom. The van der Waals surface area contributed by atoms with Crippen molar-refractivity contribution >= 4 is 39.9 Å². The summed E-state index contributed by atoms with van der Waals surface area (Å²) in [4.78, 5) is 19.4. The van der Waals surface area contributed by atoms with Gasteiger partial charge in [-0.05, 0) is 27.9 Å². The third kappa shape index (κ3) is 3.31. The quantitative estimate of drug-likeness (QED) is 0.512. The molecule has 0 fully saturated rings. The molecule has 0 unspecified atom stereocenters. The van der Waals surface area contributed by atoms with Crippen molar-refractivity contribution in [2.45, 2.75) is 24.7 Å². The van der Waals surface area contributed by atoms with E-state index in [0.717, 1.165) is 18.5 Å². The molecule has 0 bridgehead atoms. The van der Waals surface area contributed by atoms with Crippen LogP contribution in [0.5, 0.6) is 0 Å². The maximum atomic E-state index is 12.8. The molecule has 4 heterocycles. The van der Waals surface area contributed by atoms with E-state index < -0.39 is 0 Å². The summed E-state index contributed by atoms with van der Waals surface area (Å²) in [5.74, 6) is 0.453. The van der Waals surface area contributed by atoms with Crippen molar-refractivity contribution in [3.8, 4) is 0 Å². The van der Waals surface area contributed by atoms with Crippen LogP contribution in [0.2, 0.25) is 0 Å². The van der Waals surface area contributed by atoms with Crippen molar-refractivity contribution in [3.05, 3.63) is 57.9 Å². The lowest BCUT2D eigenvalue weighted by molar-refractivity contribution is -0.129. The standard InChI is InChI=1S/C19H18N6OS2/c26-18(12-28-19-21-22-23-25(19)10-13-4-3-9-27-13)24-8-7-17-15(11-24)14-5-1-2-6-16(14)20-17/h1-6,9,20H,7-8,10-12H2. The molecule has 1 aromatic carbocycles. The average molecular weight is 411 g/mol. The summed E-state index contributed by atoms with van der Waals surface area (Å²) in [5, 5.41) is 15.8. The molecular weight excluding hydrogens is 392 g/mol. The second kappa shape index (κ2) is 7.40. The normalized spacial score (nSPS) is 13.8. The number of amides is 1. The minimum atomic E-state index is 0.117. The zero-order valence-corrected chi connectivity index (χ0v) is 16.7. The summed E-state index contributed by atoms with van der Waals surface area (Å²) in [6, 6.07) is 12.3. The molecule has 0 spiro atoms. The van der Waals surface area contributed by atoms with Gasteiger partial charge in [-0.25, -0.2) is 4.68 Å². The fraction of sp³-hybridized carbons (Fsp3) is 0.263. The highest BCUT2D eigenvalue weighted by Crippen LogP contribution is 2.28. The fourth-order valence-electron chi connectivity index (χ4n) is 3.55. The SMILES string of the molecule is O=C(CSc1nnnn1Cc1cccs1)N1CCc2[nH]c3ccccc3c2C1. The average Bonchev–Trinajstić information content (AvgIpc) is 3.46. The van der Waals surface area contributed by atoms with Crippen LogP contribution in [0.25, 0.3) is 10.9 Å². The smallest absolute Gasteiger partial charge is 0.233 e. The van der Waals surface area contributed by atoms with E-state index in [0.29, 0.717) is 24.0 Å². The van der Waals surface area contributed by atoms with Crippen LogP contribution in [0, 0.1) is 0 Å². The Morgan fingerprint density at radius 1 is 1.25 bits per heavy atom. The maximum Gasteiger partial charge on any atom is 0.233 e. The number of hydrogen-bond donors (Lipinski definition) is 1. The van der Waals surface area contributed by atoms with Gasteiger partial charge in [-0.2, -0.15) is 0 Å². The van der Waals surface area contributed by atoms with Crippen LogP contribution < -0.4 is 0 Å². The number of benzene rings is 1. The number of H-pyrrole nitrogens is 1. The molecule has 9 heteroatoms. The molecule has 1 aliphatic rings. The summed E-state index contributed by atoms with van der Waals surface area (Å²) in [6.45, 7) is 2.02. The van der Waals surface area contributed by atoms with Gasteiger partial charge in [-0.1, -0.05) is 36.0 Å². The molecule has 0 atom stereocenters. The van der Waals surface area contributed by atoms with Crippen LogP contribution >= 0.6 is 23.1 Å². The number of thioether (sulfide) groups is 1. The monoisotopic (exact) mass is 410 g/mol. The molecule has 1 N–H and O–H groups in total. The predicted octanol–water partition coefficient (Wildman–Crippen LogP) is 2.94. The first-order valence-corrected chi connectivity index (χ1v) is 10.9. The van der Waals surface area contributed by atoms with E-state index in [2.05, 4.69) is 38.7 Å². The molecule has 142 valence electrons. The lowest BCUT2D eigenvalue weighted by atomic mass is 10.0. The third-order valence-electron chi connectivity index (χ3n) is 4.94. The number of thiophene rings is 1. The molecular formula is C19H18N6OS2. The molecule has 0 saturated heterocycles. The van der Waals surface area contributed by atoms with Gasteiger partial charge in [0.05, 0.1) is 12.3 Å². The molecule has 0 aliphatic carbocycles. The Bertz CT molecular complexity index is 1120. The lowest BCUT2D eigenvalue weighted by Crippen LogP contribution is -2.37. The highest BCUT2D eigenvalue weighted by Gasteiger charge is 2.24. The minimum absolute atomic E-state index is 0.117. The highest BCUT2D eigenvalue weighted by molar-refractivity contribution is 7.99. The van der Waals surface area contributed by atoms with Crippen LogP contribution in [-0.2, 0) is 24.3 Å². The minimum Gasteiger partial charge on any atom is -0.358 e. The van der Waals surface area contributed by atoms with Gasteiger partial charge in [0.15, 0.2) is 0 Å². The summed E-state index contributed by atoms with van der Waals surface area (Å²) < 4.78 is 1.75. The first-order chi connectivity index (χ1) is 13.8. The van der Waals surface area contributed by atoms with Crippen LogP contribution in [0.1, 0.15) is 16.1 Å². The van der Waals surface area contributed by atoms with E-state index in [-0.39, 0.29) is 5.91 Å². The van der Waals surface area contributed by atoms with Gasteiger partial charge >= 0.3 is 0 Å². The second-order valence-electron chi connectivity index (χ2n) is 6.68. The largest absolute Gasteiger partial charge is 0.358 e. The lowest BCUT2D eigenvalue weighted by Gasteiger charge is -2.27. The third-order valence-corrected chi connectivity index (χ3v) is 6.75. The fourth-order valence-corrected chi connectivity index (χ4v) is 5.01. The van der Waals surface area contributed by atoms with Crippen LogP contribution in [-0.4, -0.2) is 48.3 Å². The van der Waals surface area contributed by atoms with E-state index in [1.165, 1.54) is 33.3 Å². The number of nitrogens with one attached hydrogen (secondary N) is 1. The summed E-state index contributed by atoms with van der Waals surface area (Å²) in [7, 11) is 0. The topological polar surface area (TPSA) is 79.7 Å². The molecule has 1 aliphatic heterocycles. The molecule has 3 aromatic heterocycles. The molecule has 1 amide bonds. The van der Waals surface area contributed by atoms with E-state index >= 15 is 0 Å². The van der Waals surface area contributed by atoms with Crippen molar-refractivity contribution in [2.24, 2.45) is 0 Å². The summed E-state index contributed by atoms with van der Waals surface area (Å²) in [5.41, 5.74) is 3.63. The number of fused-ring (bicyclic) bond motifs is 3. The second-order valence-corrected chi connectivity index (χ2v) is 8.65. The van der Waals surface area contributed by atoms with Crippen molar-refractivity contribution < 1.29 is 4.79 Å². The molecule has 4 aromatic rings. The predicted molar refractivity (Wildman–Crippen MR) is 109 cm³/mol. The van der Waals surface area contributed by atoms with E-state index in [1.54, 1.807) is 16.0 Å². The van der Waals surface area contributed by atoms with Gasteiger partial charge in [-0.3, -0.25) is 4.79 Å². The first kappa shape index (κ1) is 17.4. The van der Waals surface area contributed by atoms with Crippen LogP contribution in [0.3, 0.4) is 0 Å². The van der Waals surface area contributed by atoms with E-state index in [4.69, 9.17) is 0 Å². The molecule has 5 rings (SSSR count). The van der Waals surface area contributed by atoms with Gasteiger partial charge < -0.3 is 9.88 Å². The highest BCUT2D eigenvalue weighted by atomic mass is 32.2.